The van der Waals surface area contributed by atoms with E-state index in [0.29, 0.717) is 11.2 Å². The lowest BCUT2D eigenvalue weighted by Gasteiger charge is -2.31. The molecule has 1 N–H and O–H groups in total. The van der Waals surface area contributed by atoms with Gasteiger partial charge in [-0.15, -0.1) is 12.4 Å². The van der Waals surface area contributed by atoms with Crippen LogP contribution in [0.1, 0.15) is 18.5 Å². The van der Waals surface area contributed by atoms with Crippen LogP contribution in [0, 0.1) is 6.92 Å². The molecule has 1 aromatic rings. The molecule has 2 heterocycles. The molecular formula is C11H18Cl2N4. The standard InChI is InChI=1S/C11H17ClN4.ClH/c1-8-7-10(12)15-11(14-8)16(2)9-3-5-13-6-4-9;/h7,9,13H,3-6H2,1-2H3;1H. The Bertz CT molecular complexity index is 346. The third-order valence-electron chi connectivity index (χ3n) is 2.98. The van der Waals surface area contributed by atoms with Gasteiger partial charge < -0.3 is 10.2 Å². The van der Waals surface area contributed by atoms with Gasteiger partial charge in [-0.2, -0.15) is 0 Å². The van der Waals surface area contributed by atoms with E-state index >= 15 is 0 Å². The molecule has 96 valence electrons. The van der Waals surface area contributed by atoms with Gasteiger partial charge in [0.05, 0.1) is 0 Å². The van der Waals surface area contributed by atoms with E-state index in [9.17, 15) is 0 Å². The molecule has 0 amide bonds. The van der Waals surface area contributed by atoms with Gasteiger partial charge in [-0.05, 0) is 38.9 Å². The monoisotopic (exact) mass is 276 g/mol. The number of aromatic nitrogens is 2. The fourth-order valence-electron chi connectivity index (χ4n) is 2.03. The van der Waals surface area contributed by atoms with Gasteiger partial charge in [-0.3, -0.25) is 0 Å². The molecule has 0 atom stereocenters. The van der Waals surface area contributed by atoms with Crippen molar-refractivity contribution in [1.82, 2.24) is 15.3 Å². The molecule has 1 saturated heterocycles. The Hall–Kier alpha value is -0.580. The molecule has 0 saturated carbocycles. The van der Waals surface area contributed by atoms with Crippen LogP contribution < -0.4 is 10.2 Å². The Kier molecular flexibility index (Phi) is 5.43. The maximum atomic E-state index is 5.94. The van der Waals surface area contributed by atoms with Gasteiger partial charge in [-0.1, -0.05) is 11.6 Å². The van der Waals surface area contributed by atoms with E-state index in [2.05, 4.69) is 20.2 Å². The molecule has 1 fully saturated rings. The third kappa shape index (κ3) is 3.69. The number of nitrogens with zero attached hydrogens (tertiary/aromatic N) is 3. The third-order valence-corrected chi connectivity index (χ3v) is 3.18. The summed E-state index contributed by atoms with van der Waals surface area (Å²) in [6, 6.07) is 2.29. The minimum atomic E-state index is 0. The van der Waals surface area contributed by atoms with Crippen LogP contribution in [0.4, 0.5) is 5.95 Å². The zero-order valence-corrected chi connectivity index (χ0v) is 11.7. The van der Waals surface area contributed by atoms with Crippen LogP contribution in [-0.4, -0.2) is 36.1 Å². The van der Waals surface area contributed by atoms with Crippen LogP contribution >= 0.6 is 24.0 Å². The molecule has 1 aromatic heterocycles. The first-order chi connectivity index (χ1) is 7.66. The van der Waals surface area contributed by atoms with E-state index in [1.54, 1.807) is 6.07 Å². The summed E-state index contributed by atoms with van der Waals surface area (Å²) in [5, 5.41) is 3.87. The molecule has 1 aliphatic heterocycles. The largest absolute Gasteiger partial charge is 0.341 e. The second-order valence-corrected chi connectivity index (χ2v) is 4.61. The summed E-state index contributed by atoms with van der Waals surface area (Å²) >= 11 is 5.94. The second-order valence-electron chi connectivity index (χ2n) is 4.22. The molecular weight excluding hydrogens is 259 g/mol. The molecule has 2 rings (SSSR count). The number of piperidine rings is 1. The average molecular weight is 277 g/mol. The first kappa shape index (κ1) is 14.5. The molecule has 0 radical (unpaired) electrons. The summed E-state index contributed by atoms with van der Waals surface area (Å²) in [6.45, 7) is 4.07. The van der Waals surface area contributed by atoms with Crippen molar-refractivity contribution < 1.29 is 0 Å². The Balaban J connectivity index is 0.00000144. The number of halogens is 2. The number of hydrogen-bond acceptors (Lipinski definition) is 4. The van der Waals surface area contributed by atoms with Crippen molar-refractivity contribution in [2.24, 2.45) is 0 Å². The van der Waals surface area contributed by atoms with E-state index in [1.165, 1.54) is 0 Å². The van der Waals surface area contributed by atoms with Crippen LogP contribution in [0.25, 0.3) is 0 Å². The molecule has 0 aromatic carbocycles. The van der Waals surface area contributed by atoms with E-state index in [4.69, 9.17) is 11.6 Å². The van der Waals surface area contributed by atoms with E-state index in [-0.39, 0.29) is 12.4 Å². The summed E-state index contributed by atoms with van der Waals surface area (Å²) in [6.07, 6.45) is 2.26. The highest BCUT2D eigenvalue weighted by atomic mass is 35.5. The smallest absolute Gasteiger partial charge is 0.226 e. The molecule has 0 bridgehead atoms. The highest BCUT2D eigenvalue weighted by Crippen LogP contribution is 2.18. The van der Waals surface area contributed by atoms with E-state index < -0.39 is 0 Å². The first-order valence-electron chi connectivity index (χ1n) is 5.61. The fraction of sp³-hybridized carbons (Fsp3) is 0.636. The van der Waals surface area contributed by atoms with Crippen molar-refractivity contribution in [2.75, 3.05) is 25.0 Å². The summed E-state index contributed by atoms with van der Waals surface area (Å²) in [5.74, 6) is 0.733. The Morgan fingerprint density at radius 3 is 2.59 bits per heavy atom. The number of hydrogen-bond donors (Lipinski definition) is 1. The molecule has 4 nitrogen and oxygen atoms in total. The van der Waals surface area contributed by atoms with Crippen LogP contribution in [0.2, 0.25) is 5.15 Å². The van der Waals surface area contributed by atoms with Gasteiger partial charge >= 0.3 is 0 Å². The van der Waals surface area contributed by atoms with Crippen molar-refractivity contribution in [2.45, 2.75) is 25.8 Å². The van der Waals surface area contributed by atoms with Gasteiger partial charge in [0.25, 0.3) is 0 Å². The van der Waals surface area contributed by atoms with Gasteiger partial charge in [0.1, 0.15) is 5.15 Å². The fourth-order valence-corrected chi connectivity index (χ4v) is 2.26. The Labute approximate surface area is 113 Å². The Morgan fingerprint density at radius 2 is 2.00 bits per heavy atom. The van der Waals surface area contributed by atoms with Gasteiger partial charge in [0, 0.05) is 18.8 Å². The lowest BCUT2D eigenvalue weighted by atomic mass is 10.1. The number of anilines is 1. The van der Waals surface area contributed by atoms with Crippen molar-refractivity contribution in [3.63, 3.8) is 0 Å². The van der Waals surface area contributed by atoms with Gasteiger partial charge in [0.2, 0.25) is 5.95 Å². The number of nitrogens with one attached hydrogen (secondary N) is 1. The highest BCUT2D eigenvalue weighted by molar-refractivity contribution is 6.29. The molecule has 1 aliphatic rings. The van der Waals surface area contributed by atoms with Crippen molar-refractivity contribution in [3.8, 4) is 0 Å². The first-order valence-corrected chi connectivity index (χ1v) is 5.99. The van der Waals surface area contributed by atoms with Crippen LogP contribution in [0.5, 0.6) is 0 Å². The SMILES string of the molecule is Cc1cc(Cl)nc(N(C)C2CCNCC2)n1.Cl. The van der Waals surface area contributed by atoms with E-state index in [1.807, 2.05) is 14.0 Å². The lowest BCUT2D eigenvalue weighted by Crippen LogP contribution is -2.41. The minimum absolute atomic E-state index is 0. The molecule has 17 heavy (non-hydrogen) atoms. The average Bonchev–Trinajstić information content (AvgIpc) is 2.28. The maximum Gasteiger partial charge on any atom is 0.226 e. The predicted octanol–water partition coefficient (Wildman–Crippen LogP) is 2.05. The Morgan fingerprint density at radius 1 is 1.35 bits per heavy atom. The predicted molar refractivity (Wildman–Crippen MR) is 73.3 cm³/mol. The zero-order valence-electron chi connectivity index (χ0n) is 10.1. The molecule has 0 unspecified atom stereocenters. The zero-order chi connectivity index (χ0) is 11.5. The highest BCUT2D eigenvalue weighted by Gasteiger charge is 2.20. The van der Waals surface area contributed by atoms with Crippen LogP contribution in [0.15, 0.2) is 6.07 Å². The number of rotatable bonds is 2. The van der Waals surface area contributed by atoms with Crippen molar-refractivity contribution in [1.29, 1.82) is 0 Å². The molecule has 0 aliphatic carbocycles. The normalized spacial score (nSPS) is 16.4. The second kappa shape index (κ2) is 6.38. The van der Waals surface area contributed by atoms with Crippen molar-refractivity contribution >= 4 is 30.0 Å². The van der Waals surface area contributed by atoms with Crippen molar-refractivity contribution in [3.05, 3.63) is 16.9 Å². The minimum Gasteiger partial charge on any atom is -0.341 e. The summed E-state index contributed by atoms with van der Waals surface area (Å²) in [5.41, 5.74) is 0.913. The van der Waals surface area contributed by atoms with Crippen LogP contribution in [-0.2, 0) is 0 Å². The topological polar surface area (TPSA) is 41.1 Å². The lowest BCUT2D eigenvalue weighted by molar-refractivity contribution is 0.439. The summed E-state index contributed by atoms with van der Waals surface area (Å²) in [4.78, 5) is 10.8. The van der Waals surface area contributed by atoms with Gasteiger partial charge in [0.15, 0.2) is 0 Å². The maximum absolute atomic E-state index is 5.94. The molecule has 6 heteroatoms. The number of aryl methyl sites for hydroxylation is 1. The molecule has 0 spiro atoms. The van der Waals surface area contributed by atoms with Gasteiger partial charge in [-0.25, -0.2) is 9.97 Å². The summed E-state index contributed by atoms with van der Waals surface area (Å²) in [7, 11) is 2.04. The summed E-state index contributed by atoms with van der Waals surface area (Å²) < 4.78 is 0. The van der Waals surface area contributed by atoms with Crippen LogP contribution in [0.3, 0.4) is 0 Å². The van der Waals surface area contributed by atoms with E-state index in [0.717, 1.165) is 37.6 Å². The quantitative estimate of drug-likeness (QED) is 0.840.